The number of nitrogens with one attached hydrogen (secondary N) is 1. The Balaban J connectivity index is 2.04. The molecular formula is C15H13BrN2O. The van der Waals surface area contributed by atoms with E-state index in [1.807, 2.05) is 37.3 Å². The second-order valence-electron chi connectivity index (χ2n) is 4.06. The number of rotatable bonds is 3. The van der Waals surface area contributed by atoms with Gasteiger partial charge in [-0.2, -0.15) is 0 Å². The molecular weight excluding hydrogens is 304 g/mol. The van der Waals surface area contributed by atoms with Crippen molar-refractivity contribution in [1.82, 2.24) is 4.98 Å². The highest BCUT2D eigenvalue weighted by Crippen LogP contribution is 2.19. The maximum Gasteiger partial charge on any atom is 0.248 e. The average molecular weight is 317 g/mol. The van der Waals surface area contributed by atoms with E-state index in [2.05, 4.69) is 26.2 Å². The number of hydrogen-bond donors (Lipinski definition) is 1. The van der Waals surface area contributed by atoms with E-state index in [-0.39, 0.29) is 5.91 Å². The maximum absolute atomic E-state index is 11.8. The standard InChI is InChI=1S/C15H13BrN2O/c1-11-10-13(16)3-4-14(11)18-15(19)5-2-12-6-8-17-9-7-12/h2-10H,1H3,(H,18,19)/b5-2+. The van der Waals surface area contributed by atoms with Gasteiger partial charge in [0.1, 0.15) is 0 Å². The Morgan fingerprint density at radius 2 is 2.00 bits per heavy atom. The lowest BCUT2D eigenvalue weighted by Crippen LogP contribution is -2.08. The van der Waals surface area contributed by atoms with Crippen LogP contribution in [0.25, 0.3) is 6.08 Å². The third-order valence-electron chi connectivity index (χ3n) is 2.58. The number of aromatic nitrogens is 1. The first-order chi connectivity index (χ1) is 9.15. The molecule has 0 fully saturated rings. The number of benzene rings is 1. The molecule has 0 bridgehead atoms. The summed E-state index contributed by atoms with van der Waals surface area (Å²) in [5, 5.41) is 2.85. The first-order valence-corrected chi connectivity index (χ1v) is 6.60. The van der Waals surface area contributed by atoms with Crippen molar-refractivity contribution in [3.05, 3.63) is 64.4 Å². The third kappa shape index (κ3) is 4.03. The van der Waals surface area contributed by atoms with Crippen molar-refractivity contribution in [2.45, 2.75) is 6.92 Å². The quantitative estimate of drug-likeness (QED) is 0.875. The monoisotopic (exact) mass is 316 g/mol. The van der Waals surface area contributed by atoms with Crippen LogP contribution in [0.2, 0.25) is 0 Å². The van der Waals surface area contributed by atoms with Gasteiger partial charge in [-0.3, -0.25) is 9.78 Å². The molecule has 1 aromatic carbocycles. The topological polar surface area (TPSA) is 42.0 Å². The number of anilines is 1. The number of halogens is 1. The number of nitrogens with zero attached hydrogens (tertiary/aromatic N) is 1. The van der Waals surface area contributed by atoms with Crippen molar-refractivity contribution >= 4 is 33.6 Å². The van der Waals surface area contributed by atoms with Gasteiger partial charge in [0.2, 0.25) is 5.91 Å². The maximum atomic E-state index is 11.8. The SMILES string of the molecule is Cc1cc(Br)ccc1NC(=O)/C=C/c1ccncc1. The second-order valence-corrected chi connectivity index (χ2v) is 4.98. The van der Waals surface area contributed by atoms with Gasteiger partial charge in [-0.25, -0.2) is 0 Å². The van der Waals surface area contributed by atoms with Crippen LogP contribution in [0.3, 0.4) is 0 Å². The Bertz CT molecular complexity index is 609. The number of hydrogen-bond acceptors (Lipinski definition) is 2. The molecule has 1 amide bonds. The van der Waals surface area contributed by atoms with E-state index in [1.165, 1.54) is 6.08 Å². The number of aryl methyl sites for hydroxylation is 1. The molecule has 4 heteroatoms. The number of carbonyl (C=O) groups excluding carboxylic acids is 1. The molecule has 96 valence electrons. The summed E-state index contributed by atoms with van der Waals surface area (Å²) >= 11 is 3.39. The fraction of sp³-hybridized carbons (Fsp3) is 0.0667. The summed E-state index contributed by atoms with van der Waals surface area (Å²) in [6.45, 7) is 1.95. The summed E-state index contributed by atoms with van der Waals surface area (Å²) in [5.41, 5.74) is 2.77. The molecule has 1 N–H and O–H groups in total. The molecule has 19 heavy (non-hydrogen) atoms. The predicted octanol–water partition coefficient (Wildman–Crippen LogP) is 3.80. The van der Waals surface area contributed by atoms with Gasteiger partial charge in [0, 0.05) is 28.6 Å². The smallest absolute Gasteiger partial charge is 0.248 e. The van der Waals surface area contributed by atoms with E-state index in [9.17, 15) is 4.79 Å². The lowest BCUT2D eigenvalue weighted by atomic mass is 10.2. The van der Waals surface area contributed by atoms with Gasteiger partial charge >= 0.3 is 0 Å². The Hall–Kier alpha value is -1.94. The van der Waals surface area contributed by atoms with Crippen LogP contribution in [0.15, 0.2) is 53.3 Å². The van der Waals surface area contributed by atoms with Crippen LogP contribution in [0.5, 0.6) is 0 Å². The van der Waals surface area contributed by atoms with Gasteiger partial charge in [-0.15, -0.1) is 0 Å². The van der Waals surface area contributed by atoms with Crippen LogP contribution in [0.4, 0.5) is 5.69 Å². The van der Waals surface area contributed by atoms with Crippen LogP contribution < -0.4 is 5.32 Å². The molecule has 0 aliphatic carbocycles. The number of carbonyl (C=O) groups is 1. The summed E-state index contributed by atoms with van der Waals surface area (Å²) in [5.74, 6) is -0.151. The lowest BCUT2D eigenvalue weighted by molar-refractivity contribution is -0.111. The van der Waals surface area contributed by atoms with E-state index < -0.39 is 0 Å². The summed E-state index contributed by atoms with van der Waals surface area (Å²) in [6.07, 6.45) is 6.65. The van der Waals surface area contributed by atoms with E-state index in [0.29, 0.717) is 0 Å². The summed E-state index contributed by atoms with van der Waals surface area (Å²) in [4.78, 5) is 15.7. The zero-order valence-electron chi connectivity index (χ0n) is 10.4. The zero-order chi connectivity index (χ0) is 13.7. The van der Waals surface area contributed by atoms with Crippen molar-refractivity contribution in [3.8, 4) is 0 Å². The molecule has 0 saturated heterocycles. The number of amides is 1. The summed E-state index contributed by atoms with van der Waals surface area (Å²) in [6, 6.07) is 9.41. The molecule has 1 heterocycles. The Morgan fingerprint density at radius 1 is 1.26 bits per heavy atom. The van der Waals surface area contributed by atoms with E-state index in [4.69, 9.17) is 0 Å². The van der Waals surface area contributed by atoms with Crippen LogP contribution in [0.1, 0.15) is 11.1 Å². The minimum atomic E-state index is -0.151. The first-order valence-electron chi connectivity index (χ1n) is 5.80. The van der Waals surface area contributed by atoms with E-state index in [0.717, 1.165) is 21.3 Å². The fourth-order valence-corrected chi connectivity index (χ4v) is 2.06. The summed E-state index contributed by atoms with van der Waals surface area (Å²) < 4.78 is 0.996. The van der Waals surface area contributed by atoms with Gasteiger partial charge < -0.3 is 5.32 Å². The average Bonchev–Trinajstić information content (AvgIpc) is 2.41. The molecule has 0 aliphatic rings. The molecule has 0 saturated carbocycles. The van der Waals surface area contributed by atoms with Crippen LogP contribution in [-0.2, 0) is 4.79 Å². The van der Waals surface area contributed by atoms with Gasteiger partial charge in [0.05, 0.1) is 0 Å². The van der Waals surface area contributed by atoms with Crippen molar-refractivity contribution in [1.29, 1.82) is 0 Å². The van der Waals surface area contributed by atoms with Gasteiger partial charge in [0.25, 0.3) is 0 Å². The van der Waals surface area contributed by atoms with Gasteiger partial charge in [0.15, 0.2) is 0 Å². The van der Waals surface area contributed by atoms with E-state index >= 15 is 0 Å². The van der Waals surface area contributed by atoms with Gasteiger partial charge in [-0.1, -0.05) is 15.9 Å². The molecule has 3 nitrogen and oxygen atoms in total. The van der Waals surface area contributed by atoms with E-state index in [1.54, 1.807) is 18.5 Å². The molecule has 0 atom stereocenters. The minimum absolute atomic E-state index is 0.151. The highest BCUT2D eigenvalue weighted by atomic mass is 79.9. The molecule has 0 unspecified atom stereocenters. The summed E-state index contributed by atoms with van der Waals surface area (Å²) in [7, 11) is 0. The molecule has 0 spiro atoms. The normalized spacial score (nSPS) is 10.6. The van der Waals surface area contributed by atoms with Crippen molar-refractivity contribution < 1.29 is 4.79 Å². The molecule has 2 rings (SSSR count). The first kappa shape index (κ1) is 13.5. The Morgan fingerprint density at radius 3 is 2.68 bits per heavy atom. The molecule has 2 aromatic rings. The van der Waals surface area contributed by atoms with Crippen molar-refractivity contribution in [3.63, 3.8) is 0 Å². The molecule has 1 aromatic heterocycles. The van der Waals surface area contributed by atoms with Crippen molar-refractivity contribution in [2.24, 2.45) is 0 Å². The highest BCUT2D eigenvalue weighted by Gasteiger charge is 2.01. The number of pyridine rings is 1. The van der Waals surface area contributed by atoms with Crippen LogP contribution >= 0.6 is 15.9 Å². The minimum Gasteiger partial charge on any atom is -0.322 e. The Labute approximate surface area is 120 Å². The fourth-order valence-electron chi connectivity index (χ4n) is 1.59. The molecule has 0 radical (unpaired) electrons. The molecule has 0 aliphatic heterocycles. The van der Waals surface area contributed by atoms with Crippen LogP contribution in [0, 0.1) is 6.92 Å². The zero-order valence-corrected chi connectivity index (χ0v) is 12.0. The highest BCUT2D eigenvalue weighted by molar-refractivity contribution is 9.10. The predicted molar refractivity (Wildman–Crippen MR) is 80.8 cm³/mol. The lowest BCUT2D eigenvalue weighted by Gasteiger charge is -2.06. The second kappa shape index (κ2) is 6.29. The third-order valence-corrected chi connectivity index (χ3v) is 3.07. The van der Waals surface area contributed by atoms with Gasteiger partial charge in [-0.05, 0) is 54.5 Å². The Kier molecular flexibility index (Phi) is 4.47. The van der Waals surface area contributed by atoms with Crippen LogP contribution in [-0.4, -0.2) is 10.9 Å². The van der Waals surface area contributed by atoms with Crippen molar-refractivity contribution in [2.75, 3.05) is 5.32 Å². The largest absolute Gasteiger partial charge is 0.322 e.